The summed E-state index contributed by atoms with van der Waals surface area (Å²) in [5.74, 6) is 0.566. The van der Waals surface area contributed by atoms with E-state index in [2.05, 4.69) is 22.5 Å². The summed E-state index contributed by atoms with van der Waals surface area (Å²) in [6.07, 6.45) is 2.77. The van der Waals surface area contributed by atoms with E-state index >= 15 is 0 Å². The molecule has 0 aliphatic carbocycles. The molecule has 0 saturated heterocycles. The molecule has 0 fully saturated rings. The van der Waals surface area contributed by atoms with E-state index in [1.54, 1.807) is 12.3 Å². The maximum atomic E-state index is 13.1. The molecule has 4 heteroatoms. The third kappa shape index (κ3) is 3.45. The number of aromatic nitrogens is 1. The number of nitrogens with one attached hydrogen (secondary N) is 2. The normalized spacial score (nSPS) is 10.1. The van der Waals surface area contributed by atoms with E-state index < -0.39 is 0 Å². The quantitative estimate of drug-likeness (QED) is 0.841. The van der Waals surface area contributed by atoms with Crippen LogP contribution < -0.4 is 10.6 Å². The lowest BCUT2D eigenvalue weighted by Crippen LogP contribution is -2.02. The monoisotopic (exact) mass is 245 g/mol. The molecule has 0 aliphatic heterocycles. The van der Waals surface area contributed by atoms with Crippen LogP contribution in [-0.4, -0.2) is 11.5 Å². The fourth-order valence-corrected chi connectivity index (χ4v) is 1.59. The molecule has 18 heavy (non-hydrogen) atoms. The van der Waals surface area contributed by atoms with E-state index in [9.17, 15) is 4.39 Å². The standard InChI is InChI=1S/C14H16FN3/c1-2-7-16-14-10-13(6-8-17-14)18-12-5-3-4-11(15)9-12/h3-6,8-10H,2,7H2,1H3,(H2,16,17,18). The van der Waals surface area contributed by atoms with Crippen LogP contribution in [0.1, 0.15) is 13.3 Å². The SMILES string of the molecule is CCCNc1cc(Nc2cccc(F)c2)ccn1. The van der Waals surface area contributed by atoms with Crippen LogP contribution in [0.25, 0.3) is 0 Å². The first-order chi connectivity index (χ1) is 8.78. The highest BCUT2D eigenvalue weighted by Gasteiger charge is 1.98. The highest BCUT2D eigenvalue weighted by atomic mass is 19.1. The smallest absolute Gasteiger partial charge is 0.127 e. The lowest BCUT2D eigenvalue weighted by atomic mass is 10.3. The molecule has 2 rings (SSSR count). The molecule has 2 aromatic rings. The Hall–Kier alpha value is -2.10. The Bertz CT molecular complexity index is 514. The van der Waals surface area contributed by atoms with Crippen LogP contribution in [0.2, 0.25) is 0 Å². The summed E-state index contributed by atoms with van der Waals surface area (Å²) < 4.78 is 13.1. The van der Waals surface area contributed by atoms with Crippen molar-refractivity contribution in [2.75, 3.05) is 17.2 Å². The van der Waals surface area contributed by atoms with Crippen LogP contribution in [-0.2, 0) is 0 Å². The van der Waals surface area contributed by atoms with Gasteiger partial charge in [-0.15, -0.1) is 0 Å². The Morgan fingerprint density at radius 1 is 1.17 bits per heavy atom. The zero-order valence-corrected chi connectivity index (χ0v) is 10.3. The average Bonchev–Trinajstić information content (AvgIpc) is 2.37. The molecule has 1 aromatic carbocycles. The van der Waals surface area contributed by atoms with Crippen molar-refractivity contribution in [3.8, 4) is 0 Å². The molecular weight excluding hydrogens is 229 g/mol. The first kappa shape index (κ1) is 12.4. The Balaban J connectivity index is 2.09. The molecule has 0 amide bonds. The van der Waals surface area contributed by atoms with Crippen LogP contribution in [0.3, 0.4) is 0 Å². The lowest BCUT2D eigenvalue weighted by molar-refractivity contribution is 0.628. The van der Waals surface area contributed by atoms with E-state index in [0.717, 1.165) is 30.2 Å². The number of pyridine rings is 1. The summed E-state index contributed by atoms with van der Waals surface area (Å²) >= 11 is 0. The van der Waals surface area contributed by atoms with Gasteiger partial charge < -0.3 is 10.6 Å². The zero-order valence-electron chi connectivity index (χ0n) is 10.3. The number of hydrogen-bond donors (Lipinski definition) is 2. The van der Waals surface area contributed by atoms with E-state index in [-0.39, 0.29) is 5.82 Å². The van der Waals surface area contributed by atoms with Crippen molar-refractivity contribution in [2.45, 2.75) is 13.3 Å². The van der Waals surface area contributed by atoms with E-state index in [1.807, 2.05) is 18.2 Å². The van der Waals surface area contributed by atoms with Crippen LogP contribution in [0.15, 0.2) is 42.6 Å². The summed E-state index contributed by atoms with van der Waals surface area (Å²) in [7, 11) is 0. The largest absolute Gasteiger partial charge is 0.370 e. The molecule has 3 nitrogen and oxygen atoms in total. The summed E-state index contributed by atoms with van der Waals surface area (Å²) in [6.45, 7) is 2.98. The zero-order chi connectivity index (χ0) is 12.8. The van der Waals surface area contributed by atoms with Gasteiger partial charge in [0, 0.05) is 30.2 Å². The van der Waals surface area contributed by atoms with Gasteiger partial charge in [-0.1, -0.05) is 13.0 Å². The van der Waals surface area contributed by atoms with Crippen LogP contribution in [0.4, 0.5) is 21.6 Å². The van der Waals surface area contributed by atoms with Crippen molar-refractivity contribution in [3.05, 3.63) is 48.4 Å². The van der Waals surface area contributed by atoms with Crippen molar-refractivity contribution in [3.63, 3.8) is 0 Å². The average molecular weight is 245 g/mol. The summed E-state index contributed by atoms with van der Waals surface area (Å²) in [4.78, 5) is 4.21. The summed E-state index contributed by atoms with van der Waals surface area (Å²) in [5.41, 5.74) is 1.61. The second kappa shape index (κ2) is 6.00. The first-order valence-electron chi connectivity index (χ1n) is 6.00. The lowest BCUT2D eigenvalue weighted by Gasteiger charge is -2.09. The number of rotatable bonds is 5. The highest BCUT2D eigenvalue weighted by molar-refractivity contribution is 5.62. The molecule has 0 aliphatic rings. The van der Waals surface area contributed by atoms with Gasteiger partial charge in [-0.2, -0.15) is 0 Å². The number of hydrogen-bond acceptors (Lipinski definition) is 3. The topological polar surface area (TPSA) is 37.0 Å². The number of benzene rings is 1. The molecule has 0 radical (unpaired) electrons. The van der Waals surface area contributed by atoms with Gasteiger partial charge >= 0.3 is 0 Å². The van der Waals surface area contributed by atoms with Gasteiger partial charge in [-0.3, -0.25) is 0 Å². The Morgan fingerprint density at radius 2 is 2.00 bits per heavy atom. The maximum Gasteiger partial charge on any atom is 0.127 e. The van der Waals surface area contributed by atoms with Gasteiger partial charge in [0.1, 0.15) is 11.6 Å². The molecule has 0 spiro atoms. The molecule has 0 atom stereocenters. The van der Waals surface area contributed by atoms with Crippen LogP contribution >= 0.6 is 0 Å². The summed E-state index contributed by atoms with van der Waals surface area (Å²) in [5, 5.41) is 6.35. The van der Waals surface area contributed by atoms with E-state index in [1.165, 1.54) is 12.1 Å². The minimum absolute atomic E-state index is 0.251. The fraction of sp³-hybridized carbons (Fsp3) is 0.214. The Kier molecular flexibility index (Phi) is 4.12. The third-order valence-electron chi connectivity index (χ3n) is 2.43. The van der Waals surface area contributed by atoms with Crippen molar-refractivity contribution < 1.29 is 4.39 Å². The van der Waals surface area contributed by atoms with Crippen LogP contribution in [0, 0.1) is 5.82 Å². The second-order valence-corrected chi connectivity index (χ2v) is 3.99. The number of halogens is 1. The first-order valence-corrected chi connectivity index (χ1v) is 6.00. The molecule has 1 aromatic heterocycles. The molecule has 2 N–H and O–H groups in total. The molecule has 0 saturated carbocycles. The highest BCUT2D eigenvalue weighted by Crippen LogP contribution is 2.19. The Labute approximate surface area is 106 Å². The summed E-state index contributed by atoms with van der Waals surface area (Å²) in [6, 6.07) is 10.1. The predicted octanol–water partition coefficient (Wildman–Crippen LogP) is 3.79. The molecule has 0 bridgehead atoms. The Morgan fingerprint density at radius 3 is 2.78 bits per heavy atom. The minimum atomic E-state index is -0.251. The van der Waals surface area contributed by atoms with E-state index in [4.69, 9.17) is 0 Å². The number of nitrogens with zero attached hydrogens (tertiary/aromatic N) is 1. The van der Waals surface area contributed by atoms with E-state index in [0.29, 0.717) is 0 Å². The van der Waals surface area contributed by atoms with Gasteiger partial charge in [0.15, 0.2) is 0 Å². The molecular formula is C14H16FN3. The fourth-order valence-electron chi connectivity index (χ4n) is 1.59. The second-order valence-electron chi connectivity index (χ2n) is 3.99. The van der Waals surface area contributed by atoms with Gasteiger partial charge in [-0.05, 0) is 30.7 Å². The van der Waals surface area contributed by atoms with Crippen LogP contribution in [0.5, 0.6) is 0 Å². The van der Waals surface area contributed by atoms with Gasteiger partial charge in [0.25, 0.3) is 0 Å². The minimum Gasteiger partial charge on any atom is -0.370 e. The maximum absolute atomic E-state index is 13.1. The number of anilines is 3. The van der Waals surface area contributed by atoms with Crippen molar-refractivity contribution in [1.29, 1.82) is 0 Å². The van der Waals surface area contributed by atoms with Gasteiger partial charge in [0.2, 0.25) is 0 Å². The molecule has 94 valence electrons. The van der Waals surface area contributed by atoms with Crippen molar-refractivity contribution in [2.24, 2.45) is 0 Å². The predicted molar refractivity (Wildman–Crippen MR) is 72.7 cm³/mol. The van der Waals surface area contributed by atoms with Gasteiger partial charge in [-0.25, -0.2) is 9.37 Å². The molecule has 0 unspecified atom stereocenters. The van der Waals surface area contributed by atoms with Crippen molar-refractivity contribution >= 4 is 17.2 Å². The molecule has 1 heterocycles. The third-order valence-corrected chi connectivity index (χ3v) is 2.43. The van der Waals surface area contributed by atoms with Crippen molar-refractivity contribution in [1.82, 2.24) is 4.98 Å². The van der Waals surface area contributed by atoms with Gasteiger partial charge in [0.05, 0.1) is 0 Å².